The Morgan fingerprint density at radius 2 is 2.22 bits per heavy atom. The van der Waals surface area contributed by atoms with E-state index < -0.39 is 12.0 Å². The number of esters is 1. The predicted molar refractivity (Wildman–Crippen MR) is 91.5 cm³/mol. The molecule has 0 unspecified atom stereocenters. The maximum atomic E-state index is 12.2. The molecule has 1 amide bonds. The predicted octanol–water partition coefficient (Wildman–Crippen LogP) is 2.49. The third kappa shape index (κ3) is 4.42. The van der Waals surface area contributed by atoms with Gasteiger partial charge in [0.15, 0.2) is 0 Å². The molecule has 0 aliphatic rings. The van der Waals surface area contributed by atoms with E-state index in [2.05, 4.69) is 15.3 Å². The Bertz CT molecular complexity index is 689. The topological polar surface area (TPSA) is 81.2 Å². The number of nitrogens with zero attached hydrogens (tertiary/aromatic N) is 2. The highest BCUT2D eigenvalue weighted by Gasteiger charge is 2.26. The van der Waals surface area contributed by atoms with Gasteiger partial charge < -0.3 is 10.1 Å². The lowest BCUT2D eigenvalue weighted by molar-refractivity contribution is -0.146. The van der Waals surface area contributed by atoms with E-state index in [-0.39, 0.29) is 17.6 Å². The van der Waals surface area contributed by atoms with Crippen LogP contribution < -0.4 is 5.32 Å². The summed E-state index contributed by atoms with van der Waals surface area (Å²) in [7, 11) is 1.33. The van der Waals surface area contributed by atoms with Gasteiger partial charge >= 0.3 is 5.97 Å². The zero-order valence-corrected chi connectivity index (χ0v) is 14.9. The fourth-order valence-electron chi connectivity index (χ4n) is 2.03. The fraction of sp³-hybridized carbons (Fsp3) is 0.467. The number of rotatable bonds is 7. The molecule has 2 aromatic rings. The standard InChI is InChI=1S/C15H19N3O3S2/c1-4-9(2)12(15(20)21-3)18-11(19)7-23-14-10-5-6-22-13(10)16-8-17-14/h5-6,8-9,12H,4,7H2,1-3H3,(H,18,19)/t9-,12-/m1/s1. The maximum Gasteiger partial charge on any atom is 0.328 e. The molecule has 0 saturated heterocycles. The number of hydrogen-bond donors (Lipinski definition) is 1. The first-order valence-corrected chi connectivity index (χ1v) is 9.11. The summed E-state index contributed by atoms with van der Waals surface area (Å²) >= 11 is 2.87. The summed E-state index contributed by atoms with van der Waals surface area (Å²) in [5.74, 6) is -0.432. The summed E-state index contributed by atoms with van der Waals surface area (Å²) in [6, 6.07) is 1.32. The van der Waals surface area contributed by atoms with E-state index in [4.69, 9.17) is 4.74 Å². The smallest absolute Gasteiger partial charge is 0.328 e. The van der Waals surface area contributed by atoms with E-state index in [1.165, 1.54) is 36.5 Å². The van der Waals surface area contributed by atoms with E-state index in [1.54, 1.807) is 0 Å². The summed E-state index contributed by atoms with van der Waals surface area (Å²) in [5, 5.41) is 6.41. The van der Waals surface area contributed by atoms with E-state index in [0.29, 0.717) is 0 Å². The van der Waals surface area contributed by atoms with Gasteiger partial charge in [0.25, 0.3) is 0 Å². The molecule has 0 bridgehead atoms. The monoisotopic (exact) mass is 353 g/mol. The van der Waals surface area contributed by atoms with Crippen LogP contribution in [-0.2, 0) is 14.3 Å². The second-order valence-electron chi connectivity index (χ2n) is 5.06. The molecule has 0 saturated carbocycles. The highest BCUT2D eigenvalue weighted by atomic mass is 32.2. The molecule has 0 aliphatic heterocycles. The van der Waals surface area contributed by atoms with Crippen LogP contribution in [0, 0.1) is 5.92 Å². The summed E-state index contributed by atoms with van der Waals surface area (Å²) in [5.41, 5.74) is 0. The molecule has 2 heterocycles. The number of carbonyl (C=O) groups excluding carboxylic acids is 2. The van der Waals surface area contributed by atoms with Gasteiger partial charge in [-0.25, -0.2) is 14.8 Å². The normalized spacial score (nSPS) is 13.5. The average Bonchev–Trinajstić information content (AvgIpc) is 3.05. The number of fused-ring (bicyclic) bond motifs is 1. The molecule has 124 valence electrons. The molecule has 0 spiro atoms. The highest BCUT2D eigenvalue weighted by Crippen LogP contribution is 2.27. The van der Waals surface area contributed by atoms with Crippen LogP contribution in [0.5, 0.6) is 0 Å². The van der Waals surface area contributed by atoms with E-state index in [9.17, 15) is 9.59 Å². The van der Waals surface area contributed by atoms with Crippen molar-refractivity contribution in [1.29, 1.82) is 0 Å². The summed E-state index contributed by atoms with van der Waals surface area (Å²) in [6.45, 7) is 3.88. The second-order valence-corrected chi connectivity index (χ2v) is 6.92. The quantitative estimate of drug-likeness (QED) is 0.468. The Balaban J connectivity index is 1.98. The first-order valence-electron chi connectivity index (χ1n) is 7.25. The van der Waals surface area contributed by atoms with Gasteiger partial charge in [-0.05, 0) is 17.4 Å². The van der Waals surface area contributed by atoms with Crippen molar-refractivity contribution in [2.45, 2.75) is 31.3 Å². The molecule has 0 fully saturated rings. The van der Waals surface area contributed by atoms with Gasteiger partial charge in [-0.2, -0.15) is 0 Å². The Kier molecular flexibility index (Phi) is 6.35. The molecule has 6 nitrogen and oxygen atoms in total. The number of hydrogen-bond acceptors (Lipinski definition) is 7. The van der Waals surface area contributed by atoms with Gasteiger partial charge in [0, 0.05) is 5.39 Å². The number of amides is 1. The molecule has 8 heteroatoms. The van der Waals surface area contributed by atoms with Crippen molar-refractivity contribution in [3.8, 4) is 0 Å². The van der Waals surface area contributed by atoms with Gasteiger partial charge in [-0.15, -0.1) is 11.3 Å². The Morgan fingerprint density at radius 1 is 1.43 bits per heavy atom. The zero-order valence-electron chi connectivity index (χ0n) is 13.2. The van der Waals surface area contributed by atoms with Crippen molar-refractivity contribution in [1.82, 2.24) is 15.3 Å². The molecule has 2 atom stereocenters. The minimum Gasteiger partial charge on any atom is -0.467 e. The number of carbonyl (C=O) groups is 2. The van der Waals surface area contributed by atoms with Gasteiger partial charge in [-0.1, -0.05) is 32.0 Å². The maximum absolute atomic E-state index is 12.2. The van der Waals surface area contributed by atoms with Crippen LogP contribution >= 0.6 is 23.1 Å². The molecule has 2 aromatic heterocycles. The SMILES string of the molecule is CC[C@@H](C)[C@@H](NC(=O)CSc1ncnc2sccc12)C(=O)OC. The number of methoxy groups -OCH3 is 1. The summed E-state index contributed by atoms with van der Waals surface area (Å²) in [4.78, 5) is 33.3. The minimum absolute atomic E-state index is 0.0130. The van der Waals surface area contributed by atoms with Crippen molar-refractivity contribution in [2.75, 3.05) is 12.9 Å². The van der Waals surface area contributed by atoms with Crippen LogP contribution in [0.1, 0.15) is 20.3 Å². The number of thiophene rings is 1. The van der Waals surface area contributed by atoms with Gasteiger partial charge in [-0.3, -0.25) is 4.79 Å². The summed E-state index contributed by atoms with van der Waals surface area (Å²) < 4.78 is 4.77. The third-order valence-electron chi connectivity index (χ3n) is 3.55. The van der Waals surface area contributed by atoms with Gasteiger partial charge in [0.1, 0.15) is 22.2 Å². The molecular weight excluding hydrogens is 334 g/mol. The number of aromatic nitrogens is 2. The van der Waals surface area contributed by atoms with Crippen LogP contribution in [0.4, 0.5) is 0 Å². The zero-order chi connectivity index (χ0) is 16.8. The van der Waals surface area contributed by atoms with E-state index in [1.807, 2.05) is 25.3 Å². The average molecular weight is 353 g/mol. The second kappa shape index (κ2) is 8.26. The Morgan fingerprint density at radius 3 is 2.91 bits per heavy atom. The van der Waals surface area contributed by atoms with Crippen LogP contribution in [0.25, 0.3) is 10.2 Å². The number of nitrogens with one attached hydrogen (secondary N) is 1. The molecule has 0 aromatic carbocycles. The number of ether oxygens (including phenoxy) is 1. The van der Waals surface area contributed by atoms with E-state index >= 15 is 0 Å². The van der Waals surface area contributed by atoms with Crippen LogP contribution in [-0.4, -0.2) is 40.7 Å². The lowest BCUT2D eigenvalue weighted by Gasteiger charge is -2.21. The molecule has 23 heavy (non-hydrogen) atoms. The van der Waals surface area contributed by atoms with Crippen molar-refractivity contribution < 1.29 is 14.3 Å². The van der Waals surface area contributed by atoms with Crippen molar-refractivity contribution >= 4 is 45.2 Å². The Labute approximate surface area is 143 Å². The molecule has 0 radical (unpaired) electrons. The van der Waals surface area contributed by atoms with Crippen LogP contribution in [0.15, 0.2) is 22.8 Å². The van der Waals surface area contributed by atoms with Gasteiger partial charge in [0.05, 0.1) is 12.9 Å². The summed E-state index contributed by atoms with van der Waals surface area (Å²) in [6.07, 6.45) is 2.27. The Hall–Kier alpha value is -1.67. The molecule has 2 rings (SSSR count). The largest absolute Gasteiger partial charge is 0.467 e. The van der Waals surface area contributed by atoms with Crippen LogP contribution in [0.3, 0.4) is 0 Å². The lowest BCUT2D eigenvalue weighted by atomic mass is 9.99. The first-order chi connectivity index (χ1) is 11.1. The van der Waals surface area contributed by atoms with Crippen LogP contribution in [0.2, 0.25) is 0 Å². The van der Waals surface area contributed by atoms with Crippen molar-refractivity contribution in [3.63, 3.8) is 0 Å². The number of thioether (sulfide) groups is 1. The van der Waals surface area contributed by atoms with Crippen molar-refractivity contribution in [2.24, 2.45) is 5.92 Å². The molecular formula is C15H19N3O3S2. The fourth-order valence-corrected chi connectivity index (χ4v) is 3.62. The highest BCUT2D eigenvalue weighted by molar-refractivity contribution is 8.00. The minimum atomic E-state index is -0.621. The first kappa shape index (κ1) is 17.7. The van der Waals surface area contributed by atoms with E-state index in [0.717, 1.165) is 21.7 Å². The third-order valence-corrected chi connectivity index (χ3v) is 5.38. The van der Waals surface area contributed by atoms with Gasteiger partial charge in [0.2, 0.25) is 5.91 Å². The molecule has 0 aliphatic carbocycles. The molecule has 1 N–H and O–H groups in total. The van der Waals surface area contributed by atoms with Crippen molar-refractivity contribution in [3.05, 3.63) is 17.8 Å². The lowest BCUT2D eigenvalue weighted by Crippen LogP contribution is -2.46.